The van der Waals surface area contributed by atoms with Gasteiger partial charge in [-0.1, -0.05) is 117 Å². The number of hydrogen-bond donors (Lipinski definition) is 2. The molecule has 0 spiro atoms. The largest absolute Gasteiger partial charge is 0.475 e. The van der Waals surface area contributed by atoms with Crippen molar-refractivity contribution in [2.24, 2.45) is 0 Å². The van der Waals surface area contributed by atoms with Gasteiger partial charge < -0.3 is 19.7 Å². The molecule has 0 bridgehead atoms. The molecule has 1 heterocycles. The van der Waals surface area contributed by atoms with Gasteiger partial charge in [0.25, 0.3) is 0 Å². The number of rotatable bonds is 31. The van der Waals surface area contributed by atoms with Crippen molar-refractivity contribution in [1.29, 1.82) is 0 Å². The van der Waals surface area contributed by atoms with Crippen LogP contribution < -0.4 is 5.32 Å². The van der Waals surface area contributed by atoms with E-state index >= 15 is 0 Å². The number of non-ortho nitro benzene ring substituents is 1. The molecule has 50 heavy (non-hydrogen) atoms. The molecule has 0 radical (unpaired) electrons. The zero-order valence-corrected chi connectivity index (χ0v) is 30.7. The second-order valence-corrected chi connectivity index (χ2v) is 13.9. The second kappa shape index (κ2) is 25.8. The molecule has 284 valence electrons. The van der Waals surface area contributed by atoms with Crippen LogP contribution in [0.25, 0.3) is 11.0 Å². The van der Waals surface area contributed by atoms with Crippen molar-refractivity contribution in [3.05, 3.63) is 22.2 Å². The van der Waals surface area contributed by atoms with Gasteiger partial charge in [-0.3, -0.25) is 24.2 Å². The van der Waals surface area contributed by atoms with Gasteiger partial charge in [-0.2, -0.15) is 0 Å². The van der Waals surface area contributed by atoms with Gasteiger partial charge in [-0.15, -0.1) is 0 Å². The van der Waals surface area contributed by atoms with Crippen molar-refractivity contribution in [2.75, 3.05) is 25.1 Å². The van der Waals surface area contributed by atoms with Gasteiger partial charge in [0, 0.05) is 25.5 Å². The number of ether oxygens (including phenoxy) is 2. The summed E-state index contributed by atoms with van der Waals surface area (Å²) in [6.07, 6.45) is 18.1. The predicted octanol–water partition coefficient (Wildman–Crippen LogP) is 8.93. The lowest BCUT2D eigenvalue weighted by atomic mass is 10.1. The molecule has 1 aromatic heterocycles. The summed E-state index contributed by atoms with van der Waals surface area (Å²) in [6, 6.07) is 2.62. The van der Waals surface area contributed by atoms with E-state index in [2.05, 4.69) is 34.1 Å². The molecule has 0 amide bonds. The number of nitro benzene ring substituents is 1. The van der Waals surface area contributed by atoms with Crippen LogP contribution in [0.15, 0.2) is 16.8 Å². The minimum atomic E-state index is -4.78. The molecule has 2 rings (SSSR count). The third-order valence-corrected chi connectivity index (χ3v) is 9.14. The first-order chi connectivity index (χ1) is 24.2. The third kappa shape index (κ3) is 18.7. The number of hydrogen-bond acceptors (Lipinski definition) is 13. The number of benzene rings is 1. The minimum absolute atomic E-state index is 0.0372. The molecule has 0 saturated carbocycles. The van der Waals surface area contributed by atoms with Crippen LogP contribution in [0.3, 0.4) is 0 Å². The molecule has 2 unspecified atom stereocenters. The van der Waals surface area contributed by atoms with Gasteiger partial charge in [0.1, 0.15) is 0 Å². The first kappa shape index (κ1) is 43.0. The molecule has 0 saturated heterocycles. The third-order valence-electron chi connectivity index (χ3n) is 8.13. The standard InChI is InChI=1S/C34H57N4O11P/c1-3-5-7-9-11-13-15-17-19-21-30(39)45-27-32(47-31(40)22-20-18-16-14-12-10-8-6-4-2)48-50(43,44)46-26-25-35-28-23-24-29(38(41)42)34-33(28)36-49-37-34/h23-24,32,35H,3-22,25-27H2,1-2H3,(H,43,44). The average Bonchev–Trinajstić information content (AvgIpc) is 3.58. The van der Waals surface area contributed by atoms with Crippen LogP contribution in [-0.4, -0.2) is 58.1 Å². The van der Waals surface area contributed by atoms with Gasteiger partial charge in [-0.05, 0) is 29.2 Å². The van der Waals surface area contributed by atoms with E-state index in [1.165, 1.54) is 76.3 Å². The van der Waals surface area contributed by atoms with E-state index in [4.69, 9.17) is 18.5 Å². The number of carbonyl (C=O) groups excluding carboxylic acids is 2. The highest BCUT2D eigenvalue weighted by Crippen LogP contribution is 2.44. The van der Waals surface area contributed by atoms with Crippen LogP contribution in [0, 0.1) is 10.1 Å². The van der Waals surface area contributed by atoms with Crippen LogP contribution in [0.2, 0.25) is 0 Å². The normalized spacial score (nSPS) is 13.2. The Kier molecular flexibility index (Phi) is 22.2. The van der Waals surface area contributed by atoms with Gasteiger partial charge in [0.2, 0.25) is 11.8 Å². The lowest BCUT2D eigenvalue weighted by Crippen LogP contribution is -2.27. The molecular formula is C34H57N4O11P. The predicted molar refractivity (Wildman–Crippen MR) is 188 cm³/mol. The van der Waals surface area contributed by atoms with Crippen LogP contribution in [0.5, 0.6) is 0 Å². The maximum absolute atomic E-state index is 12.8. The van der Waals surface area contributed by atoms with E-state index in [1.807, 2.05) is 0 Å². The molecule has 2 atom stereocenters. The average molecular weight is 729 g/mol. The Morgan fingerprint density at radius 2 is 1.36 bits per heavy atom. The molecule has 0 aliphatic rings. The topological polar surface area (TPSA) is 202 Å². The van der Waals surface area contributed by atoms with E-state index in [0.717, 1.165) is 38.5 Å². The number of anilines is 1. The van der Waals surface area contributed by atoms with E-state index in [1.54, 1.807) is 0 Å². The first-order valence-electron chi connectivity index (χ1n) is 18.3. The Morgan fingerprint density at radius 3 is 1.92 bits per heavy atom. The molecule has 16 heteroatoms. The lowest BCUT2D eigenvalue weighted by Gasteiger charge is -2.21. The number of phosphoric acid groups is 1. The minimum Gasteiger partial charge on any atom is -0.459 e. The fourth-order valence-electron chi connectivity index (χ4n) is 5.35. The lowest BCUT2D eigenvalue weighted by molar-refractivity contribution is -0.383. The maximum Gasteiger partial charge on any atom is 0.475 e. The molecule has 1 aromatic carbocycles. The monoisotopic (exact) mass is 728 g/mol. The van der Waals surface area contributed by atoms with Crippen LogP contribution >= 0.6 is 7.82 Å². The Labute approximate surface area is 295 Å². The fraction of sp³-hybridized carbons (Fsp3) is 0.765. The summed E-state index contributed by atoms with van der Waals surface area (Å²) in [5.41, 5.74) is 0.0807. The second-order valence-electron chi connectivity index (χ2n) is 12.4. The smallest absolute Gasteiger partial charge is 0.459 e. The van der Waals surface area contributed by atoms with Crippen molar-refractivity contribution in [3.63, 3.8) is 0 Å². The summed E-state index contributed by atoms with van der Waals surface area (Å²) < 4.78 is 38.1. The number of nitro groups is 1. The van der Waals surface area contributed by atoms with Crippen LogP contribution in [-0.2, 0) is 32.7 Å². The summed E-state index contributed by atoms with van der Waals surface area (Å²) in [4.78, 5) is 45.9. The number of unbranched alkanes of at least 4 members (excludes halogenated alkanes) is 16. The molecule has 2 aromatic rings. The SMILES string of the molecule is CCCCCCCCCCCC(=O)OCC(OC(=O)CCCCCCCCCCC)OP(=O)(O)OCCNc1ccc([N+](=O)[O-])c2nonc12. The van der Waals surface area contributed by atoms with Crippen molar-refractivity contribution in [2.45, 2.75) is 149 Å². The maximum atomic E-state index is 12.8. The number of carbonyl (C=O) groups is 2. The van der Waals surface area contributed by atoms with Gasteiger partial charge >= 0.3 is 25.4 Å². The molecule has 0 aliphatic heterocycles. The van der Waals surface area contributed by atoms with E-state index < -0.39 is 37.6 Å². The molecule has 2 N–H and O–H groups in total. The van der Waals surface area contributed by atoms with Crippen molar-refractivity contribution in [1.82, 2.24) is 10.3 Å². The highest BCUT2D eigenvalue weighted by atomic mass is 31.2. The van der Waals surface area contributed by atoms with E-state index in [-0.39, 0.29) is 42.7 Å². The summed E-state index contributed by atoms with van der Waals surface area (Å²) in [7, 11) is -4.78. The fourth-order valence-corrected chi connectivity index (χ4v) is 6.14. The van der Waals surface area contributed by atoms with Gasteiger partial charge in [-0.25, -0.2) is 13.7 Å². The Hall–Kier alpha value is -3.13. The van der Waals surface area contributed by atoms with Gasteiger partial charge in [0.05, 0.1) is 17.2 Å². The summed E-state index contributed by atoms with van der Waals surface area (Å²) in [5, 5.41) is 21.3. The van der Waals surface area contributed by atoms with Crippen molar-refractivity contribution >= 4 is 42.2 Å². The number of esters is 2. The zero-order chi connectivity index (χ0) is 36.5. The summed E-state index contributed by atoms with van der Waals surface area (Å²) >= 11 is 0. The highest BCUT2D eigenvalue weighted by Gasteiger charge is 2.30. The van der Waals surface area contributed by atoms with Crippen molar-refractivity contribution < 1.29 is 47.1 Å². The summed E-state index contributed by atoms with van der Waals surface area (Å²) in [5.74, 6) is -1.16. The number of nitrogens with zero attached hydrogens (tertiary/aromatic N) is 3. The Morgan fingerprint density at radius 1 is 0.840 bits per heavy atom. The first-order valence-corrected chi connectivity index (χ1v) is 19.8. The van der Waals surface area contributed by atoms with Crippen LogP contribution in [0.1, 0.15) is 142 Å². The number of aromatic nitrogens is 2. The molecule has 15 nitrogen and oxygen atoms in total. The van der Waals surface area contributed by atoms with E-state index in [9.17, 15) is 29.2 Å². The Balaban J connectivity index is 1.82. The summed E-state index contributed by atoms with van der Waals surface area (Å²) in [6.45, 7) is 3.42. The number of phosphoric ester groups is 1. The van der Waals surface area contributed by atoms with Crippen molar-refractivity contribution in [3.8, 4) is 0 Å². The zero-order valence-electron chi connectivity index (χ0n) is 29.8. The Bertz CT molecular complexity index is 1310. The van der Waals surface area contributed by atoms with E-state index in [0.29, 0.717) is 18.5 Å². The number of fused-ring (bicyclic) bond motifs is 1. The van der Waals surface area contributed by atoms with Gasteiger partial charge in [0.15, 0.2) is 12.1 Å². The van der Waals surface area contributed by atoms with Crippen LogP contribution in [0.4, 0.5) is 11.4 Å². The quantitative estimate of drug-likeness (QED) is 0.0186. The molecule has 0 fully saturated rings. The highest BCUT2D eigenvalue weighted by molar-refractivity contribution is 7.47. The molecule has 0 aliphatic carbocycles. The molecular weight excluding hydrogens is 671 g/mol. The number of nitrogens with one attached hydrogen (secondary N) is 1.